The number of amides is 2. The number of carbonyl (C=O) groups excluding carboxylic acids is 2. The van der Waals surface area contributed by atoms with Gasteiger partial charge in [-0.05, 0) is 60.2 Å². The molecule has 0 aliphatic carbocycles. The summed E-state index contributed by atoms with van der Waals surface area (Å²) in [5.74, 6) is 0.0225. The van der Waals surface area contributed by atoms with E-state index in [0.29, 0.717) is 34.3 Å². The summed E-state index contributed by atoms with van der Waals surface area (Å²) in [7, 11) is 0. The summed E-state index contributed by atoms with van der Waals surface area (Å²) in [6, 6.07) is 8.99. The van der Waals surface area contributed by atoms with Crippen molar-refractivity contribution in [2.24, 2.45) is 0 Å². The van der Waals surface area contributed by atoms with Crippen LogP contribution in [0.3, 0.4) is 0 Å². The van der Waals surface area contributed by atoms with Crippen LogP contribution in [0.2, 0.25) is 5.02 Å². The summed E-state index contributed by atoms with van der Waals surface area (Å²) in [5.41, 5.74) is 1.26. The van der Waals surface area contributed by atoms with Gasteiger partial charge in [0.15, 0.2) is 11.5 Å². The van der Waals surface area contributed by atoms with Crippen LogP contribution in [0.25, 0.3) is 6.08 Å². The number of imide groups is 1. The Morgan fingerprint density at radius 2 is 1.93 bits per heavy atom. The highest BCUT2D eigenvalue weighted by atomic mass is 35.5. The van der Waals surface area contributed by atoms with Crippen LogP contribution in [0.5, 0.6) is 11.5 Å². The van der Waals surface area contributed by atoms with Crippen molar-refractivity contribution in [2.45, 2.75) is 13.5 Å². The molecule has 0 saturated carbocycles. The maximum absolute atomic E-state index is 13.1. The Kier molecular flexibility index (Phi) is 7.18. The Morgan fingerprint density at radius 3 is 2.60 bits per heavy atom. The molecule has 1 saturated heterocycles. The molecule has 3 rings (SSSR count). The molecule has 5 nitrogen and oxygen atoms in total. The molecule has 2 aromatic rings. The number of halogens is 2. The fourth-order valence-corrected chi connectivity index (χ4v) is 3.89. The summed E-state index contributed by atoms with van der Waals surface area (Å²) in [6.07, 6.45) is 3.18. The summed E-state index contributed by atoms with van der Waals surface area (Å²) < 4.78 is 24.3. The van der Waals surface area contributed by atoms with Crippen molar-refractivity contribution in [3.05, 3.63) is 75.9 Å². The third kappa shape index (κ3) is 5.04. The summed E-state index contributed by atoms with van der Waals surface area (Å²) >= 11 is 7.18. The molecule has 0 aromatic heterocycles. The molecule has 0 atom stereocenters. The molecule has 1 aliphatic heterocycles. The molecule has 0 radical (unpaired) electrons. The van der Waals surface area contributed by atoms with Crippen LogP contribution >= 0.6 is 23.4 Å². The number of carbonyl (C=O) groups is 2. The van der Waals surface area contributed by atoms with Crippen molar-refractivity contribution >= 4 is 40.6 Å². The predicted molar refractivity (Wildman–Crippen MR) is 116 cm³/mol. The second kappa shape index (κ2) is 9.82. The first kappa shape index (κ1) is 21.9. The molecule has 0 spiro atoms. The molecule has 156 valence electrons. The third-order valence-corrected chi connectivity index (χ3v) is 5.29. The number of rotatable bonds is 8. The molecule has 8 heteroatoms. The van der Waals surface area contributed by atoms with Crippen molar-refractivity contribution < 1.29 is 23.5 Å². The zero-order valence-corrected chi connectivity index (χ0v) is 17.8. The lowest BCUT2D eigenvalue weighted by atomic mass is 10.1. The Balaban J connectivity index is 1.85. The van der Waals surface area contributed by atoms with E-state index in [1.807, 2.05) is 6.92 Å². The molecule has 1 fully saturated rings. The van der Waals surface area contributed by atoms with Crippen molar-refractivity contribution in [3.63, 3.8) is 0 Å². The van der Waals surface area contributed by atoms with Gasteiger partial charge in [0, 0.05) is 0 Å². The minimum absolute atomic E-state index is 0.0710. The van der Waals surface area contributed by atoms with E-state index in [1.54, 1.807) is 36.4 Å². The number of hydrogen-bond donors (Lipinski definition) is 0. The first-order chi connectivity index (χ1) is 14.4. The zero-order chi connectivity index (χ0) is 21.7. The van der Waals surface area contributed by atoms with Crippen molar-refractivity contribution in [3.8, 4) is 11.5 Å². The van der Waals surface area contributed by atoms with Gasteiger partial charge in [-0.1, -0.05) is 36.4 Å². The highest BCUT2D eigenvalue weighted by Gasteiger charge is 2.35. The number of thioether (sulfide) groups is 1. The van der Waals surface area contributed by atoms with Gasteiger partial charge in [-0.3, -0.25) is 14.5 Å². The predicted octanol–water partition coefficient (Wildman–Crippen LogP) is 5.68. The van der Waals surface area contributed by atoms with E-state index < -0.39 is 11.1 Å². The quantitative estimate of drug-likeness (QED) is 0.385. The Morgan fingerprint density at radius 1 is 1.20 bits per heavy atom. The van der Waals surface area contributed by atoms with Crippen molar-refractivity contribution in [1.29, 1.82) is 0 Å². The molecule has 1 heterocycles. The molecule has 2 aromatic carbocycles. The molecular formula is C22H19ClFNO4S. The van der Waals surface area contributed by atoms with E-state index in [0.717, 1.165) is 16.7 Å². The lowest BCUT2D eigenvalue weighted by Crippen LogP contribution is -2.27. The standard InChI is InChI=1S/C22H19ClFNO4S/c1-3-9-29-20-17(23)10-15(11-18(20)28-4-2)12-19-21(26)25(22(27)30-19)13-14-5-7-16(24)8-6-14/h3,5-8,10-12H,1,4,9,13H2,2H3. The summed E-state index contributed by atoms with van der Waals surface area (Å²) in [4.78, 5) is 26.5. The van der Waals surface area contributed by atoms with E-state index in [1.165, 1.54) is 12.1 Å². The molecule has 0 bridgehead atoms. The van der Waals surface area contributed by atoms with Gasteiger partial charge in [-0.15, -0.1) is 0 Å². The average Bonchev–Trinajstić information content (AvgIpc) is 2.96. The van der Waals surface area contributed by atoms with E-state index >= 15 is 0 Å². The molecule has 0 N–H and O–H groups in total. The summed E-state index contributed by atoms with van der Waals surface area (Å²) in [5, 5.41) is -0.0720. The minimum Gasteiger partial charge on any atom is -0.490 e. The number of nitrogens with zero attached hydrogens (tertiary/aromatic N) is 1. The second-order valence-electron chi connectivity index (χ2n) is 6.26. The smallest absolute Gasteiger partial charge is 0.293 e. The van der Waals surface area contributed by atoms with Crippen LogP contribution in [0.15, 0.2) is 54.0 Å². The SMILES string of the molecule is C=CCOc1c(Cl)cc(C=C2SC(=O)N(Cc3ccc(F)cc3)C2=O)cc1OCC. The van der Waals surface area contributed by atoms with E-state index in [4.69, 9.17) is 21.1 Å². The third-order valence-electron chi connectivity index (χ3n) is 4.10. The average molecular weight is 448 g/mol. The van der Waals surface area contributed by atoms with Gasteiger partial charge in [0.1, 0.15) is 12.4 Å². The van der Waals surface area contributed by atoms with Crippen LogP contribution in [0.4, 0.5) is 9.18 Å². The van der Waals surface area contributed by atoms with Gasteiger partial charge in [-0.2, -0.15) is 0 Å². The van der Waals surface area contributed by atoms with Crippen LogP contribution in [-0.2, 0) is 11.3 Å². The van der Waals surface area contributed by atoms with E-state index in [9.17, 15) is 14.0 Å². The van der Waals surface area contributed by atoms with Gasteiger partial charge in [0.2, 0.25) is 0 Å². The van der Waals surface area contributed by atoms with Gasteiger partial charge >= 0.3 is 0 Å². The monoisotopic (exact) mass is 447 g/mol. The Labute approximate surface area is 183 Å². The molecule has 30 heavy (non-hydrogen) atoms. The van der Waals surface area contributed by atoms with Crippen LogP contribution in [-0.4, -0.2) is 29.3 Å². The van der Waals surface area contributed by atoms with Gasteiger partial charge < -0.3 is 9.47 Å². The fourth-order valence-electron chi connectivity index (χ4n) is 2.78. The Hall–Kier alpha value is -2.77. The maximum Gasteiger partial charge on any atom is 0.293 e. The number of benzene rings is 2. The highest BCUT2D eigenvalue weighted by Crippen LogP contribution is 2.39. The van der Waals surface area contributed by atoms with Gasteiger partial charge in [0.25, 0.3) is 11.1 Å². The number of hydrogen-bond acceptors (Lipinski definition) is 5. The van der Waals surface area contributed by atoms with Crippen LogP contribution in [0, 0.1) is 5.82 Å². The summed E-state index contributed by atoms with van der Waals surface area (Å²) in [6.45, 7) is 6.18. The van der Waals surface area contributed by atoms with Crippen LogP contribution in [0.1, 0.15) is 18.1 Å². The van der Waals surface area contributed by atoms with Gasteiger partial charge in [0.05, 0.1) is 23.1 Å². The van der Waals surface area contributed by atoms with Crippen LogP contribution < -0.4 is 9.47 Å². The highest BCUT2D eigenvalue weighted by molar-refractivity contribution is 8.18. The first-order valence-corrected chi connectivity index (χ1v) is 10.3. The van der Waals surface area contributed by atoms with E-state index in [2.05, 4.69) is 6.58 Å². The zero-order valence-electron chi connectivity index (χ0n) is 16.2. The number of ether oxygens (including phenoxy) is 2. The van der Waals surface area contributed by atoms with E-state index in [-0.39, 0.29) is 23.9 Å². The Bertz CT molecular complexity index is 1010. The van der Waals surface area contributed by atoms with Gasteiger partial charge in [-0.25, -0.2) is 4.39 Å². The molecule has 2 amide bonds. The topological polar surface area (TPSA) is 55.8 Å². The molecule has 0 unspecified atom stereocenters. The fraction of sp³-hybridized carbons (Fsp3) is 0.182. The lowest BCUT2D eigenvalue weighted by molar-refractivity contribution is -0.123. The molecular weight excluding hydrogens is 429 g/mol. The lowest BCUT2D eigenvalue weighted by Gasteiger charge is -2.14. The maximum atomic E-state index is 13.1. The first-order valence-electron chi connectivity index (χ1n) is 9.12. The normalized spacial score (nSPS) is 15.0. The minimum atomic E-state index is -0.421. The van der Waals surface area contributed by atoms with Crippen molar-refractivity contribution in [1.82, 2.24) is 4.90 Å². The van der Waals surface area contributed by atoms with Crippen molar-refractivity contribution in [2.75, 3.05) is 13.2 Å². The largest absolute Gasteiger partial charge is 0.490 e. The molecule has 1 aliphatic rings. The second-order valence-corrected chi connectivity index (χ2v) is 7.66.